The molecule has 0 aliphatic rings. The van der Waals surface area contributed by atoms with Gasteiger partial charge in [0.25, 0.3) is 0 Å². The Morgan fingerprint density at radius 3 is 2.44 bits per heavy atom. The van der Waals surface area contributed by atoms with Gasteiger partial charge in [-0.1, -0.05) is 43.3 Å². The van der Waals surface area contributed by atoms with Crippen molar-refractivity contribution in [1.82, 2.24) is 9.65 Å². The van der Waals surface area contributed by atoms with Gasteiger partial charge in [0, 0.05) is 26.4 Å². The lowest BCUT2D eigenvalue weighted by atomic mass is 9.91. The lowest BCUT2D eigenvalue weighted by Crippen LogP contribution is -2.33. The zero-order valence-corrected chi connectivity index (χ0v) is 15.7. The molecule has 0 amide bonds. The molecule has 0 saturated carbocycles. The van der Waals surface area contributed by atoms with Crippen LogP contribution in [0, 0.1) is 0 Å². The van der Waals surface area contributed by atoms with Crippen LogP contribution in [-0.4, -0.2) is 41.4 Å². The molecule has 0 bridgehead atoms. The first-order valence-electron chi connectivity index (χ1n) is 8.19. The molecule has 0 fully saturated rings. The third-order valence-electron chi connectivity index (χ3n) is 4.18. The van der Waals surface area contributed by atoms with Crippen molar-refractivity contribution in [2.24, 2.45) is 0 Å². The van der Waals surface area contributed by atoms with Gasteiger partial charge in [-0.3, -0.25) is 4.98 Å². The predicted molar refractivity (Wildman–Crippen MR) is 97.2 cm³/mol. The summed E-state index contributed by atoms with van der Waals surface area (Å²) in [5.41, 5.74) is 0.993. The van der Waals surface area contributed by atoms with E-state index in [4.69, 9.17) is 9.26 Å². The van der Waals surface area contributed by atoms with Crippen molar-refractivity contribution in [3.8, 4) is 0 Å². The monoisotopic (exact) mass is 364 g/mol. The van der Waals surface area contributed by atoms with Gasteiger partial charge in [-0.25, -0.2) is 9.24 Å². The molecule has 0 radical (unpaired) electrons. The van der Waals surface area contributed by atoms with Crippen molar-refractivity contribution in [2.75, 3.05) is 26.8 Å². The summed E-state index contributed by atoms with van der Waals surface area (Å²) < 4.78 is 24.3. The summed E-state index contributed by atoms with van der Waals surface area (Å²) in [6.07, 6.45) is 1.73. The fourth-order valence-corrected chi connectivity index (χ4v) is 3.56. The normalized spacial score (nSPS) is 16.4. The number of hydrogen-bond donors (Lipinski definition) is 1. The van der Waals surface area contributed by atoms with E-state index >= 15 is 0 Å². The molecule has 136 valence electrons. The smallest absolute Gasteiger partial charge is 0.363 e. The molecule has 1 N–H and O–H groups in total. The van der Waals surface area contributed by atoms with Crippen LogP contribution < -0.4 is 0 Å². The summed E-state index contributed by atoms with van der Waals surface area (Å²) in [5, 5.41) is 0. The molecular formula is C18H25N2O4P. The Kier molecular flexibility index (Phi) is 6.87. The van der Waals surface area contributed by atoms with Crippen molar-refractivity contribution in [1.29, 1.82) is 0 Å². The molecule has 25 heavy (non-hydrogen) atoms. The van der Waals surface area contributed by atoms with E-state index in [2.05, 4.69) is 4.98 Å². The molecule has 6 nitrogen and oxygen atoms in total. The lowest BCUT2D eigenvalue weighted by molar-refractivity contribution is -0.0125. The second kappa shape index (κ2) is 8.70. The number of likely N-dealkylation sites (N-methyl/N-ethyl adjacent to an activating group) is 1. The molecule has 7 heteroatoms. The fraction of sp³-hybridized carbons (Fsp3) is 0.389. The third-order valence-corrected chi connectivity index (χ3v) is 5.85. The van der Waals surface area contributed by atoms with Gasteiger partial charge in [0.05, 0.1) is 12.3 Å². The van der Waals surface area contributed by atoms with Crippen LogP contribution in [-0.2, 0) is 19.4 Å². The molecule has 2 atom stereocenters. The SMILES string of the molecule is CCN(CCOC(C)(c1ccccc1)c1ccccn1)P(=O)(O)OC. The van der Waals surface area contributed by atoms with E-state index in [9.17, 15) is 9.46 Å². The quantitative estimate of drug-likeness (QED) is 0.688. The van der Waals surface area contributed by atoms with Crippen molar-refractivity contribution < 1.29 is 18.7 Å². The van der Waals surface area contributed by atoms with Crippen LogP contribution in [0.5, 0.6) is 0 Å². The van der Waals surface area contributed by atoms with Gasteiger partial charge in [0.2, 0.25) is 0 Å². The Labute approximate surface area is 149 Å². The Bertz CT molecular complexity index is 657. The lowest BCUT2D eigenvalue weighted by Gasteiger charge is -2.32. The van der Waals surface area contributed by atoms with Gasteiger partial charge < -0.3 is 14.2 Å². The molecule has 2 aromatic rings. The zero-order chi connectivity index (χ0) is 18.3. The summed E-state index contributed by atoms with van der Waals surface area (Å²) in [7, 11) is -2.54. The topological polar surface area (TPSA) is 71.9 Å². The van der Waals surface area contributed by atoms with Crippen LogP contribution in [0.25, 0.3) is 0 Å². The Morgan fingerprint density at radius 2 is 1.88 bits per heavy atom. The zero-order valence-electron chi connectivity index (χ0n) is 14.8. The highest BCUT2D eigenvalue weighted by Gasteiger charge is 2.32. The molecular weight excluding hydrogens is 339 g/mol. The minimum atomic E-state index is -3.77. The van der Waals surface area contributed by atoms with Crippen LogP contribution >= 0.6 is 7.75 Å². The van der Waals surface area contributed by atoms with Crippen molar-refractivity contribution in [2.45, 2.75) is 19.4 Å². The maximum atomic E-state index is 12.0. The molecule has 1 aromatic carbocycles. The van der Waals surface area contributed by atoms with E-state index < -0.39 is 13.3 Å². The number of benzene rings is 1. The van der Waals surface area contributed by atoms with Gasteiger partial charge in [-0.2, -0.15) is 0 Å². The first-order valence-corrected chi connectivity index (χ1v) is 9.72. The largest absolute Gasteiger partial charge is 0.405 e. The van der Waals surface area contributed by atoms with E-state index in [-0.39, 0.29) is 13.2 Å². The van der Waals surface area contributed by atoms with Gasteiger partial charge in [0.1, 0.15) is 5.60 Å². The van der Waals surface area contributed by atoms with Crippen LogP contribution in [0.2, 0.25) is 0 Å². The average Bonchev–Trinajstić information content (AvgIpc) is 2.66. The summed E-state index contributed by atoms with van der Waals surface area (Å²) >= 11 is 0. The molecule has 2 rings (SSSR count). The predicted octanol–water partition coefficient (Wildman–Crippen LogP) is 3.43. The first-order chi connectivity index (χ1) is 11.9. The van der Waals surface area contributed by atoms with Crippen LogP contribution in [0.4, 0.5) is 0 Å². The molecule has 0 aliphatic heterocycles. The van der Waals surface area contributed by atoms with Gasteiger partial charge in [-0.15, -0.1) is 0 Å². The molecule has 1 aromatic heterocycles. The van der Waals surface area contributed by atoms with Gasteiger partial charge in [0.15, 0.2) is 0 Å². The maximum absolute atomic E-state index is 12.0. The van der Waals surface area contributed by atoms with E-state index in [1.807, 2.05) is 55.5 Å². The number of aromatic nitrogens is 1. The van der Waals surface area contributed by atoms with E-state index in [1.165, 1.54) is 11.8 Å². The number of rotatable bonds is 9. The molecule has 0 saturated heterocycles. The Balaban J connectivity index is 2.20. The molecule has 0 aliphatic carbocycles. The van der Waals surface area contributed by atoms with Gasteiger partial charge in [-0.05, 0) is 24.6 Å². The van der Waals surface area contributed by atoms with Crippen LogP contribution in [0.1, 0.15) is 25.1 Å². The standard InChI is InChI=1S/C18H25N2O4P/c1-4-20(25(21,22)23-3)14-15-24-18(2,16-10-6-5-7-11-16)17-12-8-9-13-19-17/h5-13H,4,14-15H2,1-3H3,(H,21,22). The highest BCUT2D eigenvalue weighted by Crippen LogP contribution is 2.45. The summed E-state index contributed by atoms with van der Waals surface area (Å²) in [5.74, 6) is 0. The average molecular weight is 364 g/mol. The Hall–Kier alpha value is -1.56. The van der Waals surface area contributed by atoms with Gasteiger partial charge >= 0.3 is 7.75 Å². The molecule has 0 spiro atoms. The van der Waals surface area contributed by atoms with Crippen molar-refractivity contribution in [3.63, 3.8) is 0 Å². The minimum Gasteiger partial charge on any atom is -0.363 e. The minimum absolute atomic E-state index is 0.254. The summed E-state index contributed by atoms with van der Waals surface area (Å²) in [6.45, 7) is 4.67. The van der Waals surface area contributed by atoms with E-state index in [1.54, 1.807) is 13.1 Å². The summed E-state index contributed by atoms with van der Waals surface area (Å²) in [4.78, 5) is 14.3. The second-order valence-electron chi connectivity index (χ2n) is 5.68. The second-order valence-corrected chi connectivity index (χ2v) is 7.59. The van der Waals surface area contributed by atoms with E-state index in [0.29, 0.717) is 6.54 Å². The highest BCUT2D eigenvalue weighted by molar-refractivity contribution is 7.50. The molecule has 2 unspecified atom stereocenters. The third kappa shape index (κ3) is 4.75. The maximum Gasteiger partial charge on any atom is 0.405 e. The van der Waals surface area contributed by atoms with Crippen LogP contribution in [0.3, 0.4) is 0 Å². The van der Waals surface area contributed by atoms with Crippen molar-refractivity contribution in [3.05, 3.63) is 66.0 Å². The van der Waals surface area contributed by atoms with E-state index in [0.717, 1.165) is 11.3 Å². The summed E-state index contributed by atoms with van der Waals surface area (Å²) in [6, 6.07) is 15.5. The Morgan fingerprint density at radius 1 is 1.20 bits per heavy atom. The number of ether oxygens (including phenoxy) is 1. The number of pyridine rings is 1. The number of nitrogens with zero attached hydrogens (tertiary/aromatic N) is 2. The first kappa shape index (κ1) is 19.8. The fourth-order valence-electron chi connectivity index (χ4n) is 2.64. The number of hydrogen-bond acceptors (Lipinski definition) is 4. The van der Waals surface area contributed by atoms with Crippen LogP contribution in [0.15, 0.2) is 54.7 Å². The highest BCUT2D eigenvalue weighted by atomic mass is 31.2. The van der Waals surface area contributed by atoms with Crippen molar-refractivity contribution >= 4 is 7.75 Å². The molecule has 1 heterocycles.